The number of guanidine groups is 1. The average molecular weight is 468 g/mol. The van der Waals surface area contributed by atoms with E-state index in [1.54, 1.807) is 7.05 Å². The molecule has 1 aliphatic carbocycles. The molecule has 21 heavy (non-hydrogen) atoms. The van der Waals surface area contributed by atoms with Crippen LogP contribution in [-0.2, 0) is 6.54 Å². The summed E-state index contributed by atoms with van der Waals surface area (Å²) in [5, 5.41) is 13.4. The van der Waals surface area contributed by atoms with E-state index in [4.69, 9.17) is 0 Å². The van der Waals surface area contributed by atoms with Crippen molar-refractivity contribution in [1.29, 1.82) is 0 Å². The zero-order valence-corrected chi connectivity index (χ0v) is 16.4. The Morgan fingerprint density at radius 3 is 2.62 bits per heavy atom. The van der Waals surface area contributed by atoms with Crippen molar-refractivity contribution in [3.05, 3.63) is 34.3 Å². The lowest BCUT2D eigenvalue weighted by molar-refractivity contribution is -0.0282. The molecule has 2 rings (SSSR count). The molecular weight excluding hydrogens is 445 g/mol. The van der Waals surface area contributed by atoms with Crippen LogP contribution in [0.5, 0.6) is 0 Å². The Morgan fingerprint density at radius 2 is 2.10 bits per heavy atom. The van der Waals surface area contributed by atoms with E-state index in [0.29, 0.717) is 6.54 Å². The molecule has 1 aliphatic rings. The molecule has 4 nitrogen and oxygen atoms in total. The number of aliphatic hydroxyl groups is 1. The molecule has 118 valence electrons. The molecule has 0 saturated heterocycles. The monoisotopic (exact) mass is 467 g/mol. The van der Waals surface area contributed by atoms with Gasteiger partial charge in [0.25, 0.3) is 0 Å². The van der Waals surface area contributed by atoms with Gasteiger partial charge in [0.2, 0.25) is 0 Å². The molecule has 0 unspecified atom stereocenters. The standard InChI is InChI=1S/C15H22BrN3O.HI/c1-17-14(18-11-15(20)8-5-9-15)19(2)10-12-6-3-4-7-13(12)16;/h3-4,6-7,20H,5,8-11H2,1-2H3,(H,17,18);1H. The lowest BCUT2D eigenvalue weighted by Crippen LogP contribution is -2.50. The second kappa shape index (κ2) is 8.33. The molecule has 6 heteroatoms. The first kappa shape index (κ1) is 18.7. The lowest BCUT2D eigenvalue weighted by Gasteiger charge is -2.37. The van der Waals surface area contributed by atoms with Crippen molar-refractivity contribution in [2.24, 2.45) is 4.99 Å². The van der Waals surface area contributed by atoms with E-state index >= 15 is 0 Å². The normalized spacial score (nSPS) is 16.7. The summed E-state index contributed by atoms with van der Waals surface area (Å²) in [5.41, 5.74) is 0.671. The second-order valence-electron chi connectivity index (χ2n) is 5.43. The molecule has 1 aromatic rings. The highest BCUT2D eigenvalue weighted by Gasteiger charge is 2.34. The number of hydrogen-bond donors (Lipinski definition) is 2. The number of halogens is 2. The van der Waals surface area contributed by atoms with Crippen molar-refractivity contribution in [3.8, 4) is 0 Å². The van der Waals surface area contributed by atoms with Gasteiger partial charge in [0, 0.05) is 31.7 Å². The molecule has 0 spiro atoms. The maximum Gasteiger partial charge on any atom is 0.193 e. The van der Waals surface area contributed by atoms with Crippen molar-refractivity contribution in [2.75, 3.05) is 20.6 Å². The smallest absolute Gasteiger partial charge is 0.193 e. The van der Waals surface area contributed by atoms with Crippen molar-refractivity contribution in [1.82, 2.24) is 10.2 Å². The van der Waals surface area contributed by atoms with E-state index in [9.17, 15) is 5.11 Å². The third-order valence-electron chi connectivity index (χ3n) is 3.80. The van der Waals surface area contributed by atoms with E-state index in [-0.39, 0.29) is 24.0 Å². The molecule has 1 aromatic carbocycles. The number of hydrogen-bond acceptors (Lipinski definition) is 2. The van der Waals surface area contributed by atoms with E-state index in [1.165, 1.54) is 5.56 Å². The van der Waals surface area contributed by atoms with Gasteiger partial charge in [-0.15, -0.1) is 24.0 Å². The fourth-order valence-electron chi connectivity index (χ4n) is 2.35. The fraction of sp³-hybridized carbons (Fsp3) is 0.533. The summed E-state index contributed by atoms with van der Waals surface area (Å²) < 4.78 is 1.10. The summed E-state index contributed by atoms with van der Waals surface area (Å²) in [6, 6.07) is 8.16. The number of nitrogens with zero attached hydrogens (tertiary/aromatic N) is 2. The summed E-state index contributed by atoms with van der Waals surface area (Å²) >= 11 is 3.56. The van der Waals surface area contributed by atoms with Gasteiger partial charge in [-0.3, -0.25) is 4.99 Å². The van der Waals surface area contributed by atoms with Crippen LogP contribution in [0.2, 0.25) is 0 Å². The third kappa shape index (κ3) is 5.10. The van der Waals surface area contributed by atoms with Gasteiger partial charge in [-0.05, 0) is 30.9 Å². The van der Waals surface area contributed by atoms with Gasteiger partial charge < -0.3 is 15.3 Å². The van der Waals surface area contributed by atoms with Gasteiger partial charge in [-0.25, -0.2) is 0 Å². The van der Waals surface area contributed by atoms with Crippen LogP contribution in [0.1, 0.15) is 24.8 Å². The molecule has 0 aliphatic heterocycles. The minimum atomic E-state index is -0.538. The van der Waals surface area contributed by atoms with Crippen LogP contribution in [-0.4, -0.2) is 42.2 Å². The molecule has 0 heterocycles. The highest BCUT2D eigenvalue weighted by Crippen LogP contribution is 2.30. The van der Waals surface area contributed by atoms with Crippen molar-refractivity contribution < 1.29 is 5.11 Å². The Bertz CT molecular complexity index is 492. The van der Waals surface area contributed by atoms with Gasteiger partial charge in [0.15, 0.2) is 5.96 Å². The minimum Gasteiger partial charge on any atom is -0.388 e. The predicted molar refractivity (Wildman–Crippen MR) is 101 cm³/mol. The van der Waals surface area contributed by atoms with Crippen LogP contribution in [0.25, 0.3) is 0 Å². The highest BCUT2D eigenvalue weighted by atomic mass is 127. The quantitative estimate of drug-likeness (QED) is 0.406. The number of aliphatic imine (C=N–C) groups is 1. The third-order valence-corrected chi connectivity index (χ3v) is 4.57. The molecule has 0 atom stereocenters. The van der Waals surface area contributed by atoms with Gasteiger partial charge in [-0.2, -0.15) is 0 Å². The van der Waals surface area contributed by atoms with Crippen LogP contribution in [0.4, 0.5) is 0 Å². The largest absolute Gasteiger partial charge is 0.388 e. The van der Waals surface area contributed by atoms with Crippen molar-refractivity contribution in [2.45, 2.75) is 31.4 Å². The molecule has 0 amide bonds. The van der Waals surface area contributed by atoms with Crippen LogP contribution in [0, 0.1) is 0 Å². The van der Waals surface area contributed by atoms with Crippen LogP contribution in [0.15, 0.2) is 33.7 Å². The molecule has 2 N–H and O–H groups in total. The Labute approximate surface area is 152 Å². The van der Waals surface area contributed by atoms with Crippen LogP contribution >= 0.6 is 39.9 Å². The molecule has 0 aromatic heterocycles. The zero-order valence-electron chi connectivity index (χ0n) is 12.5. The number of benzene rings is 1. The summed E-state index contributed by atoms with van der Waals surface area (Å²) in [7, 11) is 3.77. The number of rotatable bonds is 4. The predicted octanol–water partition coefficient (Wildman–Crippen LogP) is 2.99. The highest BCUT2D eigenvalue weighted by molar-refractivity contribution is 14.0. The maximum atomic E-state index is 10.1. The fourth-order valence-corrected chi connectivity index (χ4v) is 2.76. The summed E-state index contributed by atoms with van der Waals surface area (Å²) in [4.78, 5) is 6.34. The van der Waals surface area contributed by atoms with E-state index in [1.807, 2.05) is 25.2 Å². The van der Waals surface area contributed by atoms with Gasteiger partial charge >= 0.3 is 0 Å². The van der Waals surface area contributed by atoms with Crippen molar-refractivity contribution in [3.63, 3.8) is 0 Å². The lowest BCUT2D eigenvalue weighted by atomic mass is 9.80. The average Bonchev–Trinajstić information content (AvgIpc) is 2.40. The summed E-state index contributed by atoms with van der Waals surface area (Å²) in [6.45, 7) is 1.33. The van der Waals surface area contributed by atoms with Gasteiger partial charge in [-0.1, -0.05) is 34.1 Å². The first-order chi connectivity index (χ1) is 9.54. The molecule has 1 fully saturated rings. The Morgan fingerprint density at radius 1 is 1.43 bits per heavy atom. The van der Waals surface area contributed by atoms with Gasteiger partial charge in [0.05, 0.1) is 5.60 Å². The minimum absolute atomic E-state index is 0. The maximum absolute atomic E-state index is 10.1. The van der Waals surface area contributed by atoms with Crippen molar-refractivity contribution >= 4 is 45.9 Å². The summed E-state index contributed by atoms with van der Waals surface area (Å²) in [5.74, 6) is 0.807. The topological polar surface area (TPSA) is 47.9 Å². The van der Waals surface area contributed by atoms with E-state index in [0.717, 1.165) is 36.2 Å². The van der Waals surface area contributed by atoms with Gasteiger partial charge in [0.1, 0.15) is 0 Å². The Balaban J connectivity index is 0.00000220. The summed E-state index contributed by atoms with van der Waals surface area (Å²) in [6.07, 6.45) is 2.87. The Hall–Kier alpha value is -0.340. The first-order valence-corrected chi connectivity index (χ1v) is 7.71. The van der Waals surface area contributed by atoms with E-state index < -0.39 is 5.60 Å². The molecule has 0 bridgehead atoms. The zero-order chi connectivity index (χ0) is 14.6. The first-order valence-electron chi connectivity index (χ1n) is 6.92. The van der Waals surface area contributed by atoms with Crippen LogP contribution in [0.3, 0.4) is 0 Å². The number of nitrogens with one attached hydrogen (secondary N) is 1. The molecular formula is C15H23BrIN3O. The SMILES string of the molecule is CN=C(NCC1(O)CCC1)N(C)Cc1ccccc1Br.I. The molecule has 1 saturated carbocycles. The van der Waals surface area contributed by atoms with E-state index in [2.05, 4.69) is 37.2 Å². The molecule has 0 radical (unpaired) electrons. The van der Waals surface area contributed by atoms with Crippen LogP contribution < -0.4 is 5.32 Å². The Kier molecular flexibility index (Phi) is 7.42. The second-order valence-corrected chi connectivity index (χ2v) is 6.28.